The van der Waals surface area contributed by atoms with Crippen LogP contribution >= 0.6 is 23.1 Å². The van der Waals surface area contributed by atoms with Gasteiger partial charge in [0.1, 0.15) is 5.82 Å². The second kappa shape index (κ2) is 8.84. The fourth-order valence-corrected chi connectivity index (χ4v) is 3.76. The molecule has 0 radical (unpaired) electrons. The highest BCUT2D eigenvalue weighted by atomic mass is 32.2. The normalized spacial score (nSPS) is 13.3. The molecule has 24 heavy (non-hydrogen) atoms. The molecule has 0 bridgehead atoms. The third-order valence-corrected chi connectivity index (χ3v) is 5.45. The van der Waals surface area contributed by atoms with E-state index in [0.717, 1.165) is 15.9 Å². The number of carbonyl (C=O) groups is 1. The molecule has 2 heterocycles. The van der Waals surface area contributed by atoms with Crippen LogP contribution in [0.15, 0.2) is 29.3 Å². The SMILES string of the molecule is C=CCNc1nnc(S[C@H](C)C(=O)Nc2ccnn2[C@@H](C)CC)s1. The highest BCUT2D eigenvalue weighted by molar-refractivity contribution is 8.02. The topological polar surface area (TPSA) is 84.7 Å². The van der Waals surface area contributed by atoms with E-state index in [1.165, 1.54) is 23.1 Å². The molecule has 2 N–H and O–H groups in total. The van der Waals surface area contributed by atoms with Crippen LogP contribution in [0.25, 0.3) is 0 Å². The van der Waals surface area contributed by atoms with E-state index in [9.17, 15) is 4.79 Å². The van der Waals surface area contributed by atoms with E-state index in [-0.39, 0.29) is 17.2 Å². The van der Waals surface area contributed by atoms with Gasteiger partial charge in [0.2, 0.25) is 11.0 Å². The Morgan fingerprint density at radius 3 is 3.00 bits per heavy atom. The molecule has 7 nitrogen and oxygen atoms in total. The number of amides is 1. The van der Waals surface area contributed by atoms with Crippen molar-refractivity contribution in [3.05, 3.63) is 24.9 Å². The van der Waals surface area contributed by atoms with Gasteiger partial charge in [-0.1, -0.05) is 36.1 Å². The molecule has 0 aliphatic heterocycles. The van der Waals surface area contributed by atoms with Gasteiger partial charge in [0.25, 0.3) is 0 Å². The summed E-state index contributed by atoms with van der Waals surface area (Å²) in [6, 6.07) is 2.05. The lowest BCUT2D eigenvalue weighted by Crippen LogP contribution is -2.24. The highest BCUT2D eigenvalue weighted by Gasteiger charge is 2.19. The molecule has 0 aromatic carbocycles. The fourth-order valence-electron chi connectivity index (χ4n) is 1.86. The van der Waals surface area contributed by atoms with Crippen LogP contribution in [0.2, 0.25) is 0 Å². The number of rotatable bonds is 9. The Balaban J connectivity index is 1.94. The van der Waals surface area contributed by atoms with Gasteiger partial charge in [0, 0.05) is 12.6 Å². The molecule has 1 amide bonds. The minimum atomic E-state index is -0.287. The second-order valence-corrected chi connectivity index (χ2v) is 7.78. The van der Waals surface area contributed by atoms with E-state index in [2.05, 4.69) is 46.4 Å². The molecule has 2 rings (SSSR count). The lowest BCUT2D eigenvalue weighted by atomic mass is 10.3. The van der Waals surface area contributed by atoms with Crippen LogP contribution in [0, 0.1) is 0 Å². The number of nitrogens with zero attached hydrogens (tertiary/aromatic N) is 4. The van der Waals surface area contributed by atoms with Gasteiger partial charge in [-0.05, 0) is 20.3 Å². The van der Waals surface area contributed by atoms with Crippen LogP contribution in [-0.4, -0.2) is 37.7 Å². The molecule has 0 unspecified atom stereocenters. The summed E-state index contributed by atoms with van der Waals surface area (Å²) in [5.74, 6) is 0.633. The zero-order valence-electron chi connectivity index (χ0n) is 14.0. The minimum absolute atomic E-state index is 0.0825. The molecular weight excluding hydrogens is 344 g/mol. The first-order chi connectivity index (χ1) is 11.5. The van der Waals surface area contributed by atoms with Gasteiger partial charge in [-0.15, -0.1) is 16.8 Å². The van der Waals surface area contributed by atoms with Gasteiger partial charge in [-0.3, -0.25) is 4.79 Å². The van der Waals surface area contributed by atoms with Gasteiger partial charge in [-0.25, -0.2) is 4.68 Å². The molecule has 0 saturated carbocycles. The van der Waals surface area contributed by atoms with E-state index in [1.54, 1.807) is 12.3 Å². The molecule has 0 aliphatic carbocycles. The average molecular weight is 367 g/mol. The van der Waals surface area contributed by atoms with Crippen molar-refractivity contribution in [2.45, 2.75) is 42.8 Å². The number of hydrogen-bond acceptors (Lipinski definition) is 7. The van der Waals surface area contributed by atoms with Crippen LogP contribution in [0.3, 0.4) is 0 Å². The standard InChI is InChI=1S/C15H22N6OS2/c1-5-8-16-14-19-20-15(24-14)23-11(4)13(22)18-12-7-9-17-21(12)10(3)6-2/h5,7,9-11H,1,6,8H2,2-4H3,(H,16,19)(H,18,22)/t10-,11+/m0/s1. The summed E-state index contributed by atoms with van der Waals surface area (Å²) in [7, 11) is 0. The van der Waals surface area contributed by atoms with Crippen LogP contribution < -0.4 is 10.6 Å². The highest BCUT2D eigenvalue weighted by Crippen LogP contribution is 2.29. The lowest BCUT2D eigenvalue weighted by Gasteiger charge is -2.15. The maximum atomic E-state index is 12.4. The molecule has 0 saturated heterocycles. The van der Waals surface area contributed by atoms with Crippen molar-refractivity contribution in [2.75, 3.05) is 17.2 Å². The van der Waals surface area contributed by atoms with Crippen molar-refractivity contribution in [2.24, 2.45) is 0 Å². The summed E-state index contributed by atoms with van der Waals surface area (Å²) in [5.41, 5.74) is 0. The maximum Gasteiger partial charge on any atom is 0.238 e. The summed E-state index contributed by atoms with van der Waals surface area (Å²) in [6.45, 7) is 10.3. The van der Waals surface area contributed by atoms with E-state index < -0.39 is 0 Å². The van der Waals surface area contributed by atoms with Crippen molar-refractivity contribution >= 4 is 40.0 Å². The largest absolute Gasteiger partial charge is 0.357 e. The van der Waals surface area contributed by atoms with E-state index in [4.69, 9.17) is 0 Å². The monoisotopic (exact) mass is 366 g/mol. The predicted octanol–water partition coefficient (Wildman–Crippen LogP) is 3.42. The Morgan fingerprint density at radius 1 is 1.50 bits per heavy atom. The Morgan fingerprint density at radius 2 is 2.29 bits per heavy atom. The number of nitrogens with one attached hydrogen (secondary N) is 2. The zero-order chi connectivity index (χ0) is 17.5. The van der Waals surface area contributed by atoms with E-state index >= 15 is 0 Å². The van der Waals surface area contributed by atoms with E-state index in [1.807, 2.05) is 17.7 Å². The third-order valence-electron chi connectivity index (χ3n) is 3.38. The molecule has 0 fully saturated rings. The minimum Gasteiger partial charge on any atom is -0.357 e. The Kier molecular flexibility index (Phi) is 6.80. The summed E-state index contributed by atoms with van der Waals surface area (Å²) >= 11 is 2.81. The fraction of sp³-hybridized carbons (Fsp3) is 0.467. The predicted molar refractivity (Wildman–Crippen MR) is 99.8 cm³/mol. The van der Waals surface area contributed by atoms with Gasteiger partial charge in [0.05, 0.1) is 17.5 Å². The Labute approximate surface area is 149 Å². The van der Waals surface area contributed by atoms with E-state index in [0.29, 0.717) is 12.4 Å². The second-order valence-electron chi connectivity index (χ2n) is 5.21. The summed E-state index contributed by atoms with van der Waals surface area (Å²) < 4.78 is 2.58. The summed E-state index contributed by atoms with van der Waals surface area (Å²) in [4.78, 5) is 12.4. The van der Waals surface area contributed by atoms with Crippen molar-refractivity contribution in [1.82, 2.24) is 20.0 Å². The Bertz CT molecular complexity index is 683. The van der Waals surface area contributed by atoms with Crippen LogP contribution in [0.5, 0.6) is 0 Å². The number of aromatic nitrogens is 4. The quantitative estimate of drug-likeness (QED) is 0.522. The summed E-state index contributed by atoms with van der Waals surface area (Å²) in [5, 5.41) is 18.8. The van der Waals surface area contributed by atoms with Crippen molar-refractivity contribution in [1.29, 1.82) is 0 Å². The molecular formula is C15H22N6OS2. The van der Waals surface area contributed by atoms with Gasteiger partial charge in [0.15, 0.2) is 4.34 Å². The molecule has 2 aromatic heterocycles. The molecule has 0 aliphatic rings. The third kappa shape index (κ3) is 4.81. The Hall–Kier alpha value is -1.87. The molecule has 130 valence electrons. The molecule has 2 atom stereocenters. The van der Waals surface area contributed by atoms with Crippen molar-refractivity contribution < 1.29 is 4.79 Å². The van der Waals surface area contributed by atoms with Gasteiger partial charge in [-0.2, -0.15) is 5.10 Å². The lowest BCUT2D eigenvalue weighted by molar-refractivity contribution is -0.115. The number of anilines is 2. The summed E-state index contributed by atoms with van der Waals surface area (Å²) in [6.07, 6.45) is 4.40. The van der Waals surface area contributed by atoms with Crippen molar-refractivity contribution in [3.8, 4) is 0 Å². The first-order valence-corrected chi connectivity index (χ1v) is 9.44. The van der Waals surface area contributed by atoms with Crippen LogP contribution in [0.4, 0.5) is 10.9 Å². The average Bonchev–Trinajstić information content (AvgIpc) is 3.21. The number of hydrogen-bond donors (Lipinski definition) is 2. The first-order valence-electron chi connectivity index (χ1n) is 7.74. The van der Waals surface area contributed by atoms with Crippen LogP contribution in [0.1, 0.15) is 33.2 Å². The van der Waals surface area contributed by atoms with Crippen molar-refractivity contribution in [3.63, 3.8) is 0 Å². The zero-order valence-corrected chi connectivity index (χ0v) is 15.7. The molecule has 0 spiro atoms. The number of carbonyl (C=O) groups excluding carboxylic acids is 1. The maximum absolute atomic E-state index is 12.4. The van der Waals surface area contributed by atoms with Crippen LogP contribution in [-0.2, 0) is 4.79 Å². The van der Waals surface area contributed by atoms with Gasteiger partial charge < -0.3 is 10.6 Å². The molecule has 9 heteroatoms. The first kappa shape index (κ1) is 18.5. The van der Waals surface area contributed by atoms with Gasteiger partial charge >= 0.3 is 0 Å². The number of thioether (sulfide) groups is 1. The smallest absolute Gasteiger partial charge is 0.238 e. The molecule has 2 aromatic rings.